The Labute approximate surface area is 150 Å². The first-order chi connectivity index (χ1) is 12.5. The van der Waals surface area contributed by atoms with Crippen molar-refractivity contribution in [2.45, 2.75) is 25.2 Å². The fourth-order valence-electron chi connectivity index (χ4n) is 2.71. The average Bonchev–Trinajstić information content (AvgIpc) is 3.03. The van der Waals surface area contributed by atoms with Crippen molar-refractivity contribution in [3.8, 4) is 0 Å². The quantitative estimate of drug-likeness (QED) is 0.627. The lowest BCUT2D eigenvalue weighted by molar-refractivity contribution is -0.115. The van der Waals surface area contributed by atoms with Gasteiger partial charge in [-0.2, -0.15) is 0 Å². The first-order valence-electron chi connectivity index (χ1n) is 8.26. The molecule has 0 spiro atoms. The summed E-state index contributed by atoms with van der Waals surface area (Å²) in [6, 6.07) is 14.2. The van der Waals surface area contributed by atoms with Crippen LogP contribution in [0.15, 0.2) is 48.5 Å². The molecule has 1 aliphatic rings. The standard InChI is InChI=1S/C19H20N2O5/c22-16(10-20-19(25)26-11-12-4-2-1-3-5-12)18(24)14-7-6-13-9-17(23)21-15(13)8-14/h1-8,16,18,22,24H,9-11H2,(H,20,25)(H,21,23). The van der Waals surface area contributed by atoms with Gasteiger partial charge in [0.2, 0.25) is 5.91 Å². The van der Waals surface area contributed by atoms with Gasteiger partial charge in [0.25, 0.3) is 0 Å². The summed E-state index contributed by atoms with van der Waals surface area (Å²) < 4.78 is 5.05. The third-order valence-electron chi connectivity index (χ3n) is 4.13. The van der Waals surface area contributed by atoms with Crippen LogP contribution in [0.3, 0.4) is 0 Å². The van der Waals surface area contributed by atoms with E-state index in [0.29, 0.717) is 17.7 Å². The summed E-state index contributed by atoms with van der Waals surface area (Å²) in [7, 11) is 0. The second kappa shape index (κ2) is 7.99. The molecule has 2 atom stereocenters. The number of ether oxygens (including phenoxy) is 1. The summed E-state index contributed by atoms with van der Waals surface area (Å²) in [6.07, 6.45) is -2.79. The van der Waals surface area contributed by atoms with Gasteiger partial charge < -0.3 is 25.6 Å². The van der Waals surface area contributed by atoms with Gasteiger partial charge >= 0.3 is 6.09 Å². The largest absolute Gasteiger partial charge is 0.445 e. The molecule has 7 nitrogen and oxygen atoms in total. The average molecular weight is 356 g/mol. The van der Waals surface area contributed by atoms with Crippen molar-refractivity contribution >= 4 is 17.7 Å². The summed E-state index contributed by atoms with van der Waals surface area (Å²) in [6.45, 7) is -0.0475. The predicted octanol–water partition coefficient (Wildman–Crippen LogP) is 1.50. The van der Waals surface area contributed by atoms with Crippen molar-refractivity contribution in [1.82, 2.24) is 5.32 Å². The number of fused-ring (bicyclic) bond motifs is 1. The van der Waals surface area contributed by atoms with Crippen LogP contribution in [0.2, 0.25) is 0 Å². The minimum absolute atomic E-state index is 0.102. The Balaban J connectivity index is 1.48. The highest BCUT2D eigenvalue weighted by Crippen LogP contribution is 2.27. The summed E-state index contributed by atoms with van der Waals surface area (Å²) >= 11 is 0. The van der Waals surface area contributed by atoms with E-state index in [0.717, 1.165) is 11.1 Å². The van der Waals surface area contributed by atoms with Crippen molar-refractivity contribution in [3.63, 3.8) is 0 Å². The van der Waals surface area contributed by atoms with Gasteiger partial charge in [0, 0.05) is 12.2 Å². The van der Waals surface area contributed by atoms with E-state index < -0.39 is 18.3 Å². The highest BCUT2D eigenvalue weighted by molar-refractivity contribution is 5.99. The van der Waals surface area contributed by atoms with E-state index in [9.17, 15) is 19.8 Å². The van der Waals surface area contributed by atoms with Crippen molar-refractivity contribution in [2.24, 2.45) is 0 Å². The molecule has 1 heterocycles. The van der Waals surface area contributed by atoms with E-state index in [1.54, 1.807) is 18.2 Å². The van der Waals surface area contributed by atoms with Crippen LogP contribution in [0.1, 0.15) is 22.8 Å². The minimum atomic E-state index is -1.21. The lowest BCUT2D eigenvalue weighted by Crippen LogP contribution is -2.35. The van der Waals surface area contributed by atoms with Gasteiger partial charge in [0.05, 0.1) is 6.42 Å². The number of rotatable bonds is 6. The Morgan fingerprint density at radius 2 is 1.96 bits per heavy atom. The van der Waals surface area contributed by atoms with E-state index >= 15 is 0 Å². The number of amides is 2. The monoisotopic (exact) mass is 356 g/mol. The third kappa shape index (κ3) is 4.38. The predicted molar refractivity (Wildman–Crippen MR) is 94.4 cm³/mol. The number of alkyl carbamates (subject to hydrolysis) is 1. The molecule has 2 unspecified atom stereocenters. The molecule has 2 amide bonds. The van der Waals surface area contributed by atoms with Crippen LogP contribution in [-0.2, 0) is 22.6 Å². The molecule has 0 aromatic heterocycles. The van der Waals surface area contributed by atoms with Crippen LogP contribution in [0.25, 0.3) is 0 Å². The zero-order chi connectivity index (χ0) is 18.5. The van der Waals surface area contributed by atoms with Gasteiger partial charge in [-0.25, -0.2) is 4.79 Å². The molecule has 0 saturated heterocycles. The SMILES string of the molecule is O=C1Cc2ccc(C(O)C(O)CNC(=O)OCc3ccccc3)cc2N1. The van der Waals surface area contributed by atoms with Crippen LogP contribution in [-0.4, -0.2) is 34.9 Å². The summed E-state index contributed by atoms with van der Waals surface area (Å²) in [5.41, 5.74) is 2.79. The number of benzene rings is 2. The molecule has 7 heteroatoms. The van der Waals surface area contributed by atoms with Gasteiger partial charge in [0.1, 0.15) is 18.8 Å². The van der Waals surface area contributed by atoms with E-state index in [-0.39, 0.29) is 19.1 Å². The summed E-state index contributed by atoms with van der Waals surface area (Å²) in [4.78, 5) is 23.1. The van der Waals surface area contributed by atoms with E-state index in [4.69, 9.17) is 4.74 Å². The molecular weight excluding hydrogens is 336 g/mol. The first-order valence-corrected chi connectivity index (χ1v) is 8.26. The van der Waals surface area contributed by atoms with E-state index in [2.05, 4.69) is 10.6 Å². The van der Waals surface area contributed by atoms with Gasteiger partial charge in [-0.15, -0.1) is 0 Å². The van der Waals surface area contributed by atoms with Crippen molar-refractivity contribution < 1.29 is 24.5 Å². The number of hydrogen-bond donors (Lipinski definition) is 4. The van der Waals surface area contributed by atoms with Crippen LogP contribution < -0.4 is 10.6 Å². The number of carbonyl (C=O) groups excluding carboxylic acids is 2. The van der Waals surface area contributed by atoms with E-state index in [1.807, 2.05) is 30.3 Å². The third-order valence-corrected chi connectivity index (χ3v) is 4.13. The van der Waals surface area contributed by atoms with Crippen LogP contribution in [0, 0.1) is 0 Å². The maximum absolute atomic E-state index is 11.7. The molecule has 0 radical (unpaired) electrons. The van der Waals surface area contributed by atoms with Gasteiger partial charge in [-0.05, 0) is 22.8 Å². The molecule has 0 bridgehead atoms. The number of aliphatic hydroxyl groups is 2. The number of anilines is 1. The Morgan fingerprint density at radius 3 is 2.73 bits per heavy atom. The Kier molecular flexibility index (Phi) is 5.50. The molecule has 0 aliphatic carbocycles. The second-order valence-electron chi connectivity index (χ2n) is 6.10. The smallest absolute Gasteiger partial charge is 0.407 e. The highest BCUT2D eigenvalue weighted by atomic mass is 16.5. The number of aliphatic hydroxyl groups excluding tert-OH is 2. The maximum atomic E-state index is 11.7. The molecule has 2 aromatic rings. The van der Waals surface area contributed by atoms with Gasteiger partial charge in [-0.1, -0.05) is 42.5 Å². The number of carbonyl (C=O) groups is 2. The lowest BCUT2D eigenvalue weighted by Gasteiger charge is -2.19. The van der Waals surface area contributed by atoms with Crippen LogP contribution >= 0.6 is 0 Å². The minimum Gasteiger partial charge on any atom is -0.445 e. The Morgan fingerprint density at radius 1 is 1.19 bits per heavy atom. The zero-order valence-corrected chi connectivity index (χ0v) is 14.0. The molecule has 3 rings (SSSR count). The number of hydrogen-bond acceptors (Lipinski definition) is 5. The molecule has 0 fully saturated rings. The lowest BCUT2D eigenvalue weighted by atomic mass is 10.0. The fourth-order valence-corrected chi connectivity index (χ4v) is 2.71. The molecule has 4 N–H and O–H groups in total. The first kappa shape index (κ1) is 17.9. The topological polar surface area (TPSA) is 108 Å². The van der Waals surface area contributed by atoms with Gasteiger partial charge in [0.15, 0.2) is 0 Å². The Bertz CT molecular complexity index is 794. The second-order valence-corrected chi connectivity index (χ2v) is 6.10. The van der Waals surface area contributed by atoms with Crippen molar-refractivity contribution in [1.29, 1.82) is 0 Å². The molecule has 0 saturated carbocycles. The summed E-state index contributed by atoms with van der Waals surface area (Å²) in [5.74, 6) is -0.102. The van der Waals surface area contributed by atoms with E-state index in [1.165, 1.54) is 0 Å². The van der Waals surface area contributed by atoms with Crippen molar-refractivity contribution in [3.05, 3.63) is 65.2 Å². The Hall–Kier alpha value is -2.90. The van der Waals surface area contributed by atoms with Crippen LogP contribution in [0.5, 0.6) is 0 Å². The van der Waals surface area contributed by atoms with Gasteiger partial charge in [-0.3, -0.25) is 4.79 Å². The normalized spacial score (nSPS) is 14.9. The molecule has 26 heavy (non-hydrogen) atoms. The fraction of sp³-hybridized carbons (Fsp3) is 0.263. The molecule has 1 aliphatic heterocycles. The summed E-state index contributed by atoms with van der Waals surface area (Å²) in [5, 5.41) is 25.5. The highest BCUT2D eigenvalue weighted by Gasteiger charge is 2.23. The molecular formula is C19H20N2O5. The molecule has 136 valence electrons. The molecule has 2 aromatic carbocycles. The maximum Gasteiger partial charge on any atom is 0.407 e. The number of nitrogens with one attached hydrogen (secondary N) is 2. The zero-order valence-electron chi connectivity index (χ0n) is 14.0. The van der Waals surface area contributed by atoms with Crippen molar-refractivity contribution in [2.75, 3.05) is 11.9 Å². The van der Waals surface area contributed by atoms with Crippen LogP contribution in [0.4, 0.5) is 10.5 Å².